The first-order valence-corrected chi connectivity index (χ1v) is 10.5. The highest BCUT2D eigenvalue weighted by molar-refractivity contribution is 6.05. The van der Waals surface area contributed by atoms with E-state index < -0.39 is 6.04 Å². The van der Waals surface area contributed by atoms with Crippen LogP contribution in [0.15, 0.2) is 18.2 Å². The SMILES string of the molecule is O=C1CCC(N2Cc3cccc(CN4CC(N5CCNCC5)C4)c3C2=O)C(=O)N1. The average Bonchev–Trinajstić information content (AvgIpc) is 3.02. The molecule has 5 rings (SSSR count). The number of rotatable bonds is 4. The van der Waals surface area contributed by atoms with Gasteiger partial charge in [-0.3, -0.25) is 29.5 Å². The van der Waals surface area contributed by atoms with E-state index in [2.05, 4.69) is 20.4 Å². The third kappa shape index (κ3) is 3.45. The van der Waals surface area contributed by atoms with Crippen LogP contribution in [0.25, 0.3) is 0 Å². The predicted molar refractivity (Wildman–Crippen MR) is 106 cm³/mol. The highest BCUT2D eigenvalue weighted by Crippen LogP contribution is 2.31. The minimum Gasteiger partial charge on any atom is -0.322 e. The molecular weight excluding hydrogens is 370 g/mol. The van der Waals surface area contributed by atoms with E-state index in [0.717, 1.165) is 62.5 Å². The fourth-order valence-electron chi connectivity index (χ4n) is 5.01. The lowest BCUT2D eigenvalue weighted by molar-refractivity contribution is -0.136. The fraction of sp³-hybridized carbons (Fsp3) is 0.571. The molecule has 4 aliphatic heterocycles. The highest BCUT2D eigenvalue weighted by Gasteiger charge is 2.40. The summed E-state index contributed by atoms with van der Waals surface area (Å²) in [5.74, 6) is -0.692. The lowest BCUT2D eigenvalue weighted by Crippen LogP contribution is -2.62. The first kappa shape index (κ1) is 18.7. The van der Waals surface area contributed by atoms with Crippen LogP contribution in [0.1, 0.15) is 34.3 Å². The third-order valence-electron chi connectivity index (χ3n) is 6.64. The standard InChI is InChI=1S/C21H27N5O3/c27-18-5-4-17(20(28)23-18)26-11-15-3-1-2-14(19(15)21(26)29)10-24-12-16(13-24)25-8-6-22-7-9-25/h1-3,16-17,22H,4-13H2,(H,23,27,28). The van der Waals surface area contributed by atoms with Crippen LogP contribution < -0.4 is 10.6 Å². The molecule has 3 amide bonds. The number of carbonyl (C=O) groups is 3. The van der Waals surface area contributed by atoms with Crippen LogP contribution in [-0.4, -0.2) is 83.8 Å². The van der Waals surface area contributed by atoms with Crippen molar-refractivity contribution in [3.8, 4) is 0 Å². The Bertz CT molecular complexity index is 845. The summed E-state index contributed by atoms with van der Waals surface area (Å²) in [6.07, 6.45) is 0.683. The summed E-state index contributed by atoms with van der Waals surface area (Å²) in [5, 5.41) is 5.76. The molecule has 1 aromatic rings. The Kier molecular flexibility index (Phi) is 4.85. The lowest BCUT2D eigenvalue weighted by atomic mass is 9.99. The van der Waals surface area contributed by atoms with E-state index in [1.54, 1.807) is 4.90 Å². The van der Waals surface area contributed by atoms with Crippen LogP contribution in [0.4, 0.5) is 0 Å². The van der Waals surface area contributed by atoms with Gasteiger partial charge in [0.1, 0.15) is 6.04 Å². The summed E-state index contributed by atoms with van der Waals surface area (Å²) in [4.78, 5) is 43.4. The van der Waals surface area contributed by atoms with Gasteiger partial charge in [0.15, 0.2) is 0 Å². The van der Waals surface area contributed by atoms with Crippen molar-refractivity contribution in [2.24, 2.45) is 0 Å². The molecule has 3 fully saturated rings. The molecule has 1 atom stereocenters. The normalized spacial score (nSPS) is 26.4. The van der Waals surface area contributed by atoms with E-state index in [1.807, 2.05) is 18.2 Å². The molecule has 0 spiro atoms. The maximum Gasteiger partial charge on any atom is 0.255 e. The van der Waals surface area contributed by atoms with Crippen molar-refractivity contribution in [2.45, 2.75) is 38.0 Å². The van der Waals surface area contributed by atoms with Crippen molar-refractivity contribution in [2.75, 3.05) is 39.3 Å². The molecule has 0 bridgehead atoms. The molecule has 0 aliphatic carbocycles. The van der Waals surface area contributed by atoms with Gasteiger partial charge in [0.2, 0.25) is 11.8 Å². The van der Waals surface area contributed by atoms with Crippen molar-refractivity contribution >= 4 is 17.7 Å². The molecule has 0 saturated carbocycles. The van der Waals surface area contributed by atoms with E-state index in [1.165, 1.54) is 0 Å². The second kappa shape index (κ2) is 7.51. The van der Waals surface area contributed by atoms with Gasteiger partial charge < -0.3 is 10.2 Å². The summed E-state index contributed by atoms with van der Waals surface area (Å²) in [7, 11) is 0. The molecule has 8 nitrogen and oxygen atoms in total. The van der Waals surface area contributed by atoms with Gasteiger partial charge in [-0.2, -0.15) is 0 Å². The second-order valence-electron chi connectivity index (χ2n) is 8.49. The molecule has 4 aliphatic rings. The molecule has 0 radical (unpaired) electrons. The molecule has 1 aromatic carbocycles. The van der Waals surface area contributed by atoms with Crippen LogP contribution in [0, 0.1) is 0 Å². The minimum absolute atomic E-state index is 0.0794. The average molecular weight is 397 g/mol. The maximum atomic E-state index is 13.2. The Morgan fingerprint density at radius 1 is 1.07 bits per heavy atom. The van der Waals surface area contributed by atoms with Gasteiger partial charge in [-0.25, -0.2) is 0 Å². The number of carbonyl (C=O) groups excluding carboxylic acids is 3. The van der Waals surface area contributed by atoms with E-state index in [0.29, 0.717) is 19.0 Å². The monoisotopic (exact) mass is 397 g/mol. The van der Waals surface area contributed by atoms with Crippen LogP contribution in [0.3, 0.4) is 0 Å². The Labute approximate surface area is 170 Å². The van der Waals surface area contributed by atoms with Crippen molar-refractivity contribution < 1.29 is 14.4 Å². The molecule has 8 heteroatoms. The molecule has 29 heavy (non-hydrogen) atoms. The van der Waals surface area contributed by atoms with Gasteiger partial charge >= 0.3 is 0 Å². The zero-order valence-electron chi connectivity index (χ0n) is 16.5. The third-order valence-corrected chi connectivity index (χ3v) is 6.64. The summed E-state index contributed by atoms with van der Waals surface area (Å²) in [6.45, 7) is 7.62. The zero-order valence-corrected chi connectivity index (χ0v) is 16.5. The van der Waals surface area contributed by atoms with Gasteiger partial charge in [0.05, 0.1) is 0 Å². The second-order valence-corrected chi connectivity index (χ2v) is 8.49. The maximum absolute atomic E-state index is 13.2. The highest BCUT2D eigenvalue weighted by atomic mass is 16.2. The number of imide groups is 1. The van der Waals surface area contributed by atoms with Gasteiger partial charge in [-0.05, 0) is 17.5 Å². The number of fused-ring (bicyclic) bond motifs is 1. The van der Waals surface area contributed by atoms with E-state index >= 15 is 0 Å². The summed E-state index contributed by atoms with van der Waals surface area (Å²) in [6, 6.07) is 6.07. The topological polar surface area (TPSA) is 85.0 Å². The number of benzene rings is 1. The van der Waals surface area contributed by atoms with E-state index in [-0.39, 0.29) is 24.1 Å². The lowest BCUT2D eigenvalue weighted by Gasteiger charge is -2.47. The summed E-state index contributed by atoms with van der Waals surface area (Å²) < 4.78 is 0. The first-order chi connectivity index (χ1) is 14.1. The van der Waals surface area contributed by atoms with Crippen LogP contribution in [0.5, 0.6) is 0 Å². The van der Waals surface area contributed by atoms with Crippen molar-refractivity contribution in [3.05, 3.63) is 34.9 Å². The molecule has 0 aromatic heterocycles. The Morgan fingerprint density at radius 2 is 1.86 bits per heavy atom. The smallest absolute Gasteiger partial charge is 0.255 e. The summed E-state index contributed by atoms with van der Waals surface area (Å²) in [5.41, 5.74) is 2.78. The number of amides is 3. The predicted octanol–water partition coefficient (Wildman–Crippen LogP) is -0.463. The fourth-order valence-corrected chi connectivity index (χ4v) is 5.01. The zero-order chi connectivity index (χ0) is 20.0. The van der Waals surface area contributed by atoms with Crippen molar-refractivity contribution in [1.29, 1.82) is 0 Å². The van der Waals surface area contributed by atoms with Gasteiger partial charge in [0.25, 0.3) is 5.91 Å². The molecule has 1 unspecified atom stereocenters. The molecular formula is C21H27N5O3. The van der Waals surface area contributed by atoms with E-state index in [9.17, 15) is 14.4 Å². The van der Waals surface area contributed by atoms with Crippen LogP contribution in [-0.2, 0) is 22.7 Å². The number of hydrogen-bond donors (Lipinski definition) is 2. The van der Waals surface area contributed by atoms with Crippen molar-refractivity contribution in [3.63, 3.8) is 0 Å². The number of hydrogen-bond acceptors (Lipinski definition) is 6. The van der Waals surface area contributed by atoms with Gasteiger partial charge in [-0.1, -0.05) is 18.2 Å². The molecule has 3 saturated heterocycles. The van der Waals surface area contributed by atoms with Crippen LogP contribution in [0.2, 0.25) is 0 Å². The number of likely N-dealkylation sites (tertiary alicyclic amines) is 1. The molecule has 4 heterocycles. The van der Waals surface area contributed by atoms with Crippen LogP contribution >= 0.6 is 0 Å². The Balaban J connectivity index is 1.26. The summed E-state index contributed by atoms with van der Waals surface area (Å²) >= 11 is 0. The quantitative estimate of drug-likeness (QED) is 0.669. The largest absolute Gasteiger partial charge is 0.322 e. The van der Waals surface area contributed by atoms with Crippen molar-refractivity contribution in [1.82, 2.24) is 25.3 Å². The first-order valence-electron chi connectivity index (χ1n) is 10.5. The Hall–Kier alpha value is -2.29. The number of piperidine rings is 1. The molecule has 154 valence electrons. The number of nitrogens with zero attached hydrogens (tertiary/aromatic N) is 3. The Morgan fingerprint density at radius 3 is 2.62 bits per heavy atom. The minimum atomic E-state index is -0.554. The van der Waals surface area contributed by atoms with E-state index in [4.69, 9.17) is 0 Å². The van der Waals surface area contributed by atoms with Gasteiger partial charge in [0, 0.05) is 70.4 Å². The number of nitrogens with one attached hydrogen (secondary N) is 2. The van der Waals surface area contributed by atoms with Gasteiger partial charge in [-0.15, -0.1) is 0 Å². The molecule has 2 N–H and O–H groups in total. The number of piperazine rings is 1.